The summed E-state index contributed by atoms with van der Waals surface area (Å²) >= 11 is 0. The summed E-state index contributed by atoms with van der Waals surface area (Å²) in [5.41, 5.74) is 4.15. The van der Waals surface area contributed by atoms with Gasteiger partial charge >= 0.3 is 0 Å². The second kappa shape index (κ2) is 5.89. The number of hydrogen-bond acceptors (Lipinski definition) is 3. The van der Waals surface area contributed by atoms with Gasteiger partial charge in [-0.3, -0.25) is 4.68 Å². The summed E-state index contributed by atoms with van der Waals surface area (Å²) in [6, 6.07) is 8.07. The molecule has 0 saturated heterocycles. The summed E-state index contributed by atoms with van der Waals surface area (Å²) in [5.74, 6) is 0.873. The number of methoxy groups -OCH3 is 1. The standard InChI is InChI=1S/C15H20N2O2/c1-11-15(10-18)12(2)17(16-11)9-8-13-4-6-14(19-3)7-5-13/h4-7,18H,8-10H2,1-3H3. The van der Waals surface area contributed by atoms with E-state index in [4.69, 9.17) is 4.74 Å². The van der Waals surface area contributed by atoms with Crippen LogP contribution >= 0.6 is 0 Å². The van der Waals surface area contributed by atoms with E-state index < -0.39 is 0 Å². The molecule has 2 rings (SSSR count). The van der Waals surface area contributed by atoms with Gasteiger partial charge in [0, 0.05) is 17.8 Å². The van der Waals surface area contributed by atoms with Crippen molar-refractivity contribution in [1.29, 1.82) is 0 Å². The third-order valence-corrected chi connectivity index (χ3v) is 3.46. The molecular formula is C15H20N2O2. The highest BCUT2D eigenvalue weighted by atomic mass is 16.5. The Morgan fingerprint density at radius 3 is 2.42 bits per heavy atom. The Morgan fingerprint density at radius 2 is 1.89 bits per heavy atom. The molecule has 1 heterocycles. The van der Waals surface area contributed by atoms with E-state index >= 15 is 0 Å². The molecule has 0 aliphatic heterocycles. The number of rotatable bonds is 5. The number of benzene rings is 1. The molecule has 1 N–H and O–H groups in total. The van der Waals surface area contributed by atoms with Crippen molar-refractivity contribution in [2.75, 3.05) is 7.11 Å². The van der Waals surface area contributed by atoms with E-state index in [1.54, 1.807) is 7.11 Å². The number of nitrogens with zero attached hydrogens (tertiary/aromatic N) is 2. The molecule has 0 saturated carbocycles. The van der Waals surface area contributed by atoms with E-state index in [0.717, 1.165) is 35.7 Å². The van der Waals surface area contributed by atoms with Gasteiger partial charge in [0.25, 0.3) is 0 Å². The van der Waals surface area contributed by atoms with Crippen LogP contribution < -0.4 is 4.74 Å². The number of aliphatic hydroxyl groups is 1. The predicted octanol–water partition coefficient (Wildman–Crippen LogP) is 2.24. The van der Waals surface area contributed by atoms with Crippen molar-refractivity contribution in [3.63, 3.8) is 0 Å². The van der Waals surface area contributed by atoms with Gasteiger partial charge in [-0.2, -0.15) is 5.10 Å². The van der Waals surface area contributed by atoms with E-state index in [-0.39, 0.29) is 6.61 Å². The zero-order valence-electron chi connectivity index (χ0n) is 11.7. The summed E-state index contributed by atoms with van der Waals surface area (Å²) in [6.45, 7) is 4.81. The minimum atomic E-state index is 0.0558. The van der Waals surface area contributed by atoms with E-state index in [1.165, 1.54) is 5.56 Å². The van der Waals surface area contributed by atoms with Crippen LogP contribution in [0, 0.1) is 13.8 Å². The minimum absolute atomic E-state index is 0.0558. The number of hydrogen-bond donors (Lipinski definition) is 1. The van der Waals surface area contributed by atoms with Gasteiger partial charge in [-0.05, 0) is 38.0 Å². The fourth-order valence-electron chi connectivity index (χ4n) is 2.21. The second-order valence-corrected chi connectivity index (χ2v) is 4.63. The molecule has 0 bridgehead atoms. The van der Waals surface area contributed by atoms with Crippen molar-refractivity contribution >= 4 is 0 Å². The van der Waals surface area contributed by atoms with Crippen LogP contribution in [0.5, 0.6) is 5.75 Å². The van der Waals surface area contributed by atoms with Gasteiger partial charge in [0.05, 0.1) is 19.4 Å². The second-order valence-electron chi connectivity index (χ2n) is 4.63. The van der Waals surface area contributed by atoms with E-state index in [9.17, 15) is 5.11 Å². The predicted molar refractivity (Wildman–Crippen MR) is 74.3 cm³/mol. The van der Waals surface area contributed by atoms with Gasteiger partial charge in [0.1, 0.15) is 5.75 Å². The van der Waals surface area contributed by atoms with Crippen molar-refractivity contribution < 1.29 is 9.84 Å². The van der Waals surface area contributed by atoms with E-state index in [2.05, 4.69) is 17.2 Å². The first-order chi connectivity index (χ1) is 9.15. The third kappa shape index (κ3) is 2.96. The molecule has 0 amide bonds. The molecule has 1 aromatic carbocycles. The molecule has 0 radical (unpaired) electrons. The molecule has 102 valence electrons. The summed E-state index contributed by atoms with van der Waals surface area (Å²) in [4.78, 5) is 0. The number of aliphatic hydroxyl groups excluding tert-OH is 1. The Kier molecular flexibility index (Phi) is 4.22. The molecule has 1 aromatic heterocycles. The van der Waals surface area contributed by atoms with Crippen LogP contribution in [0.4, 0.5) is 0 Å². The van der Waals surface area contributed by atoms with Crippen molar-refractivity contribution in [3.8, 4) is 5.75 Å². The fourth-order valence-corrected chi connectivity index (χ4v) is 2.21. The first-order valence-corrected chi connectivity index (χ1v) is 6.42. The quantitative estimate of drug-likeness (QED) is 0.897. The van der Waals surface area contributed by atoms with Crippen LogP contribution in [0.2, 0.25) is 0 Å². The van der Waals surface area contributed by atoms with Gasteiger partial charge in [0.2, 0.25) is 0 Å². The van der Waals surface area contributed by atoms with Gasteiger partial charge in [-0.1, -0.05) is 12.1 Å². The lowest BCUT2D eigenvalue weighted by atomic mass is 10.1. The first kappa shape index (κ1) is 13.6. The smallest absolute Gasteiger partial charge is 0.118 e. The molecule has 19 heavy (non-hydrogen) atoms. The summed E-state index contributed by atoms with van der Waals surface area (Å²) in [7, 11) is 1.67. The van der Waals surface area contributed by atoms with Crippen molar-refractivity contribution in [2.24, 2.45) is 0 Å². The highest BCUT2D eigenvalue weighted by molar-refractivity contribution is 5.27. The Morgan fingerprint density at radius 1 is 1.21 bits per heavy atom. The lowest BCUT2D eigenvalue weighted by Crippen LogP contribution is -2.05. The van der Waals surface area contributed by atoms with E-state index in [1.807, 2.05) is 30.7 Å². The van der Waals surface area contributed by atoms with Gasteiger partial charge < -0.3 is 9.84 Å². The molecule has 0 aliphatic carbocycles. The van der Waals surface area contributed by atoms with E-state index in [0.29, 0.717) is 0 Å². The van der Waals surface area contributed by atoms with Gasteiger partial charge in [-0.25, -0.2) is 0 Å². The molecule has 4 nitrogen and oxygen atoms in total. The highest BCUT2D eigenvalue weighted by Crippen LogP contribution is 2.15. The SMILES string of the molecule is COc1ccc(CCn2nc(C)c(CO)c2C)cc1. The molecule has 0 aliphatic rings. The Hall–Kier alpha value is -1.81. The van der Waals surface area contributed by atoms with Crippen LogP contribution in [0.25, 0.3) is 0 Å². The maximum absolute atomic E-state index is 9.29. The van der Waals surface area contributed by atoms with Crippen molar-refractivity contribution in [1.82, 2.24) is 9.78 Å². The molecular weight excluding hydrogens is 240 g/mol. The number of aromatic nitrogens is 2. The maximum Gasteiger partial charge on any atom is 0.118 e. The third-order valence-electron chi connectivity index (χ3n) is 3.46. The Bertz CT molecular complexity index is 544. The summed E-state index contributed by atoms with van der Waals surface area (Å²) in [5, 5.41) is 13.8. The molecule has 0 spiro atoms. The van der Waals surface area contributed by atoms with Crippen molar-refractivity contribution in [2.45, 2.75) is 33.4 Å². The Balaban J connectivity index is 2.05. The number of ether oxygens (including phenoxy) is 1. The minimum Gasteiger partial charge on any atom is -0.497 e. The molecule has 2 aromatic rings. The molecule has 0 fully saturated rings. The first-order valence-electron chi connectivity index (χ1n) is 6.42. The number of aryl methyl sites for hydroxylation is 3. The largest absolute Gasteiger partial charge is 0.497 e. The zero-order valence-corrected chi connectivity index (χ0v) is 11.7. The van der Waals surface area contributed by atoms with Crippen LogP contribution in [0.3, 0.4) is 0 Å². The monoisotopic (exact) mass is 260 g/mol. The summed E-state index contributed by atoms with van der Waals surface area (Å²) in [6.07, 6.45) is 0.914. The molecule has 4 heteroatoms. The molecule has 0 unspecified atom stereocenters. The van der Waals surface area contributed by atoms with Gasteiger partial charge in [0.15, 0.2) is 0 Å². The summed E-state index contributed by atoms with van der Waals surface area (Å²) < 4.78 is 7.10. The maximum atomic E-state index is 9.29. The zero-order chi connectivity index (χ0) is 13.8. The fraction of sp³-hybridized carbons (Fsp3) is 0.400. The molecule has 0 atom stereocenters. The van der Waals surface area contributed by atoms with Crippen LogP contribution in [-0.2, 0) is 19.6 Å². The van der Waals surface area contributed by atoms with Crippen LogP contribution in [-0.4, -0.2) is 22.0 Å². The van der Waals surface area contributed by atoms with Crippen molar-refractivity contribution in [3.05, 3.63) is 46.8 Å². The lowest BCUT2D eigenvalue weighted by Gasteiger charge is -2.06. The average molecular weight is 260 g/mol. The van der Waals surface area contributed by atoms with Gasteiger partial charge in [-0.15, -0.1) is 0 Å². The Labute approximate surface area is 113 Å². The average Bonchev–Trinajstić information content (AvgIpc) is 2.71. The normalized spacial score (nSPS) is 10.7. The topological polar surface area (TPSA) is 47.3 Å². The van der Waals surface area contributed by atoms with Crippen LogP contribution in [0.1, 0.15) is 22.5 Å². The lowest BCUT2D eigenvalue weighted by molar-refractivity contribution is 0.280. The highest BCUT2D eigenvalue weighted by Gasteiger charge is 2.09. The van der Waals surface area contributed by atoms with Crippen LogP contribution in [0.15, 0.2) is 24.3 Å².